The van der Waals surface area contributed by atoms with Crippen LogP contribution in [0, 0.1) is 18.8 Å². The number of ether oxygens (including phenoxy) is 3. The summed E-state index contributed by atoms with van der Waals surface area (Å²) < 4.78 is 16.6. The van der Waals surface area contributed by atoms with Crippen LogP contribution < -0.4 is 0 Å². The number of carbonyl (C=O) groups is 1. The fraction of sp³-hybridized carbons (Fsp3) is 0.667. The van der Waals surface area contributed by atoms with Crippen LogP contribution in [-0.4, -0.2) is 61.9 Å². The van der Waals surface area contributed by atoms with E-state index in [9.17, 15) is 4.79 Å². The molecule has 3 rings (SSSR count). The SMILES string of the molecule is COCC(=O)N1C[C@H]2[C@@H](CCOCc3cccc(C)n3)CO[C@H]2C1. The molecule has 0 aromatic carbocycles. The Hall–Kier alpha value is -1.50. The van der Waals surface area contributed by atoms with Crippen molar-refractivity contribution in [3.05, 3.63) is 29.6 Å². The topological polar surface area (TPSA) is 60.9 Å². The van der Waals surface area contributed by atoms with Crippen molar-refractivity contribution in [3.8, 4) is 0 Å². The first-order valence-electron chi connectivity index (χ1n) is 8.56. The van der Waals surface area contributed by atoms with Gasteiger partial charge in [-0.25, -0.2) is 0 Å². The molecule has 0 aliphatic carbocycles. The molecule has 0 unspecified atom stereocenters. The smallest absolute Gasteiger partial charge is 0.248 e. The van der Waals surface area contributed by atoms with Gasteiger partial charge < -0.3 is 19.1 Å². The minimum absolute atomic E-state index is 0.0519. The molecule has 1 aromatic rings. The van der Waals surface area contributed by atoms with Gasteiger partial charge in [0.05, 0.1) is 25.0 Å². The lowest BCUT2D eigenvalue weighted by atomic mass is 9.91. The van der Waals surface area contributed by atoms with Crippen molar-refractivity contribution in [1.82, 2.24) is 9.88 Å². The van der Waals surface area contributed by atoms with E-state index in [0.717, 1.165) is 31.0 Å². The van der Waals surface area contributed by atoms with Gasteiger partial charge in [-0.2, -0.15) is 0 Å². The van der Waals surface area contributed by atoms with Crippen molar-refractivity contribution in [2.45, 2.75) is 26.1 Å². The van der Waals surface area contributed by atoms with Gasteiger partial charge in [-0.05, 0) is 31.4 Å². The van der Waals surface area contributed by atoms with Gasteiger partial charge in [0.25, 0.3) is 0 Å². The number of aryl methyl sites for hydroxylation is 1. The number of nitrogens with zero attached hydrogens (tertiary/aromatic N) is 2. The van der Waals surface area contributed by atoms with E-state index in [1.807, 2.05) is 30.0 Å². The van der Waals surface area contributed by atoms with Gasteiger partial charge in [0.15, 0.2) is 0 Å². The van der Waals surface area contributed by atoms with E-state index in [0.29, 0.717) is 31.6 Å². The van der Waals surface area contributed by atoms with Crippen molar-refractivity contribution in [2.24, 2.45) is 11.8 Å². The third-order valence-corrected chi connectivity index (χ3v) is 4.89. The lowest BCUT2D eigenvalue weighted by Gasteiger charge is -2.19. The first kappa shape index (κ1) is 17.3. The van der Waals surface area contributed by atoms with Crippen LogP contribution in [0.15, 0.2) is 18.2 Å². The summed E-state index contributed by atoms with van der Waals surface area (Å²) in [5.41, 5.74) is 1.97. The van der Waals surface area contributed by atoms with Crippen molar-refractivity contribution in [3.63, 3.8) is 0 Å². The maximum atomic E-state index is 11.9. The minimum Gasteiger partial charge on any atom is -0.376 e. The second-order valence-electron chi connectivity index (χ2n) is 6.64. The summed E-state index contributed by atoms with van der Waals surface area (Å²) in [5, 5.41) is 0. The summed E-state index contributed by atoms with van der Waals surface area (Å²) in [6, 6.07) is 5.97. The molecule has 0 spiro atoms. The molecule has 2 saturated heterocycles. The van der Waals surface area contributed by atoms with Crippen molar-refractivity contribution in [2.75, 3.05) is 40.0 Å². The van der Waals surface area contributed by atoms with Crippen molar-refractivity contribution < 1.29 is 19.0 Å². The zero-order chi connectivity index (χ0) is 16.9. The Morgan fingerprint density at radius 2 is 2.29 bits per heavy atom. The van der Waals surface area contributed by atoms with Crippen LogP contribution in [0.25, 0.3) is 0 Å². The number of aromatic nitrogens is 1. The second kappa shape index (κ2) is 8.05. The summed E-state index contributed by atoms with van der Waals surface area (Å²) in [4.78, 5) is 18.2. The molecule has 6 nitrogen and oxygen atoms in total. The number of pyridine rings is 1. The Morgan fingerprint density at radius 1 is 1.42 bits per heavy atom. The summed E-state index contributed by atoms with van der Waals surface area (Å²) in [6.07, 6.45) is 1.13. The monoisotopic (exact) mass is 334 g/mol. The van der Waals surface area contributed by atoms with Gasteiger partial charge in [-0.15, -0.1) is 0 Å². The van der Waals surface area contributed by atoms with Crippen molar-refractivity contribution in [1.29, 1.82) is 0 Å². The molecule has 1 amide bonds. The van der Waals surface area contributed by atoms with Crippen LogP contribution in [0.5, 0.6) is 0 Å². The molecule has 2 fully saturated rings. The number of fused-ring (bicyclic) bond motifs is 1. The van der Waals surface area contributed by atoms with E-state index in [1.54, 1.807) is 7.11 Å². The molecule has 132 valence electrons. The number of hydrogen-bond donors (Lipinski definition) is 0. The second-order valence-corrected chi connectivity index (χ2v) is 6.64. The van der Waals surface area contributed by atoms with E-state index in [4.69, 9.17) is 14.2 Å². The third kappa shape index (κ3) is 4.12. The van der Waals surface area contributed by atoms with E-state index in [-0.39, 0.29) is 18.6 Å². The lowest BCUT2D eigenvalue weighted by molar-refractivity contribution is -0.134. The quantitative estimate of drug-likeness (QED) is 0.706. The number of hydrogen-bond acceptors (Lipinski definition) is 5. The van der Waals surface area contributed by atoms with E-state index >= 15 is 0 Å². The van der Waals surface area contributed by atoms with Crippen LogP contribution in [0.4, 0.5) is 0 Å². The Bertz CT molecular complexity index is 566. The van der Waals surface area contributed by atoms with Crippen LogP contribution in [0.3, 0.4) is 0 Å². The van der Waals surface area contributed by atoms with Gasteiger partial charge in [0.2, 0.25) is 5.91 Å². The highest BCUT2D eigenvalue weighted by Gasteiger charge is 2.44. The maximum absolute atomic E-state index is 11.9. The summed E-state index contributed by atoms with van der Waals surface area (Å²) in [5.74, 6) is 0.934. The zero-order valence-electron chi connectivity index (χ0n) is 14.4. The Morgan fingerprint density at radius 3 is 3.08 bits per heavy atom. The normalized spacial score (nSPS) is 25.9. The minimum atomic E-state index is 0.0519. The van der Waals surface area contributed by atoms with Gasteiger partial charge in [0.1, 0.15) is 6.61 Å². The Kier molecular flexibility index (Phi) is 5.81. The molecule has 0 radical (unpaired) electrons. The van der Waals surface area contributed by atoms with E-state index in [2.05, 4.69) is 4.98 Å². The Balaban J connectivity index is 1.41. The molecule has 3 heterocycles. The molecule has 6 heteroatoms. The highest BCUT2D eigenvalue weighted by molar-refractivity contribution is 5.77. The molecule has 2 aliphatic rings. The third-order valence-electron chi connectivity index (χ3n) is 4.89. The number of carbonyl (C=O) groups excluding carboxylic acids is 1. The average molecular weight is 334 g/mol. The predicted molar refractivity (Wildman–Crippen MR) is 88.4 cm³/mol. The highest BCUT2D eigenvalue weighted by atomic mass is 16.5. The summed E-state index contributed by atoms with van der Waals surface area (Å²) in [6.45, 7) is 5.61. The number of amides is 1. The molecular formula is C18H26N2O4. The zero-order valence-corrected chi connectivity index (χ0v) is 14.4. The molecule has 0 saturated carbocycles. The Labute approximate surface area is 143 Å². The molecule has 0 N–H and O–H groups in total. The van der Waals surface area contributed by atoms with Gasteiger partial charge >= 0.3 is 0 Å². The summed E-state index contributed by atoms with van der Waals surface area (Å²) in [7, 11) is 1.55. The molecule has 24 heavy (non-hydrogen) atoms. The largest absolute Gasteiger partial charge is 0.376 e. The fourth-order valence-electron chi connectivity index (χ4n) is 3.61. The van der Waals surface area contributed by atoms with Crippen LogP contribution in [0.1, 0.15) is 17.8 Å². The number of methoxy groups -OCH3 is 1. The first-order chi connectivity index (χ1) is 11.7. The van der Waals surface area contributed by atoms with Gasteiger partial charge in [-0.1, -0.05) is 6.07 Å². The van der Waals surface area contributed by atoms with E-state index < -0.39 is 0 Å². The standard InChI is InChI=1S/C18H26N2O4/c1-13-4-3-5-15(19-13)11-23-7-6-14-10-24-17-9-20(8-16(14)17)18(21)12-22-2/h3-5,14,16-17H,6-12H2,1-2H3/t14-,16-,17-/m0/s1. The molecule has 3 atom stereocenters. The molecule has 2 aliphatic heterocycles. The van der Waals surface area contributed by atoms with Crippen molar-refractivity contribution >= 4 is 5.91 Å². The average Bonchev–Trinajstić information content (AvgIpc) is 3.13. The number of likely N-dealkylation sites (tertiary alicyclic amines) is 1. The van der Waals surface area contributed by atoms with Crippen LogP contribution >= 0.6 is 0 Å². The van der Waals surface area contributed by atoms with Crippen LogP contribution in [-0.2, 0) is 25.6 Å². The van der Waals surface area contributed by atoms with Crippen LogP contribution in [0.2, 0.25) is 0 Å². The van der Waals surface area contributed by atoms with Gasteiger partial charge in [-0.3, -0.25) is 9.78 Å². The summed E-state index contributed by atoms with van der Waals surface area (Å²) >= 11 is 0. The fourth-order valence-corrected chi connectivity index (χ4v) is 3.61. The lowest BCUT2D eigenvalue weighted by Crippen LogP contribution is -2.33. The predicted octanol–water partition coefficient (Wildman–Crippen LogP) is 1.42. The first-order valence-corrected chi connectivity index (χ1v) is 8.56. The molecule has 0 bridgehead atoms. The molecular weight excluding hydrogens is 308 g/mol. The van der Waals surface area contributed by atoms with E-state index in [1.165, 1.54) is 0 Å². The number of rotatable bonds is 7. The van der Waals surface area contributed by atoms with Gasteiger partial charge in [0, 0.05) is 38.4 Å². The maximum Gasteiger partial charge on any atom is 0.248 e. The highest BCUT2D eigenvalue weighted by Crippen LogP contribution is 2.35. The molecule has 1 aromatic heterocycles.